The van der Waals surface area contributed by atoms with E-state index in [1.807, 2.05) is 38.4 Å². The first-order valence-corrected chi connectivity index (χ1v) is 12.2. The zero-order valence-electron chi connectivity index (χ0n) is 17.8. The quantitative estimate of drug-likeness (QED) is 0.439. The Labute approximate surface area is 183 Å². The van der Waals surface area contributed by atoms with Crippen molar-refractivity contribution in [1.29, 1.82) is 0 Å². The number of rotatable bonds is 6. The molecule has 0 atom stereocenters. The summed E-state index contributed by atoms with van der Waals surface area (Å²) in [6.45, 7) is 7.91. The van der Waals surface area contributed by atoms with E-state index < -0.39 is 0 Å². The highest BCUT2D eigenvalue weighted by atomic mass is 32.2. The number of aryl methyl sites for hydroxylation is 2. The van der Waals surface area contributed by atoms with E-state index in [9.17, 15) is 9.59 Å². The minimum absolute atomic E-state index is 0.0286. The third-order valence-electron chi connectivity index (χ3n) is 5.66. The molecule has 3 aromatic heterocycles. The highest BCUT2D eigenvalue weighted by Gasteiger charge is 2.22. The molecule has 0 unspecified atom stereocenters. The van der Waals surface area contributed by atoms with Gasteiger partial charge in [0.1, 0.15) is 10.6 Å². The van der Waals surface area contributed by atoms with Crippen molar-refractivity contribution < 1.29 is 4.79 Å². The summed E-state index contributed by atoms with van der Waals surface area (Å²) in [5, 5.41) is 8.66. The number of amides is 1. The third-order valence-corrected chi connectivity index (χ3v) is 7.71. The van der Waals surface area contributed by atoms with Gasteiger partial charge in [-0.2, -0.15) is 5.10 Å². The van der Waals surface area contributed by atoms with Gasteiger partial charge in [0.25, 0.3) is 5.56 Å². The standard InChI is InChI=1S/C21H27N5O2S2/c1-12(2)25-20(28)18-13(3)14(4)30-19(18)24-21(25)29-11-17(27)23-16-9-10-22-26(16)15-7-5-6-8-15/h9-10,12,15H,5-8,11H2,1-4H3,(H,23,27). The molecule has 1 saturated carbocycles. The van der Waals surface area contributed by atoms with Gasteiger partial charge in [-0.05, 0) is 46.1 Å². The smallest absolute Gasteiger partial charge is 0.263 e. The maximum Gasteiger partial charge on any atom is 0.263 e. The molecule has 1 N–H and O–H groups in total. The van der Waals surface area contributed by atoms with Gasteiger partial charge in [-0.1, -0.05) is 24.6 Å². The Morgan fingerprint density at radius 2 is 2.07 bits per heavy atom. The number of thioether (sulfide) groups is 1. The molecule has 0 bridgehead atoms. The second-order valence-corrected chi connectivity index (χ2v) is 10.2. The number of hydrogen-bond acceptors (Lipinski definition) is 6. The van der Waals surface area contributed by atoms with Crippen LogP contribution in [0.15, 0.2) is 22.2 Å². The molecule has 1 aliphatic carbocycles. The monoisotopic (exact) mass is 445 g/mol. The summed E-state index contributed by atoms with van der Waals surface area (Å²) in [5.74, 6) is 0.800. The van der Waals surface area contributed by atoms with Crippen LogP contribution in [0, 0.1) is 13.8 Å². The lowest BCUT2D eigenvalue weighted by Gasteiger charge is -2.16. The summed E-state index contributed by atoms with van der Waals surface area (Å²) in [7, 11) is 0. The maximum absolute atomic E-state index is 13.1. The highest BCUT2D eigenvalue weighted by molar-refractivity contribution is 7.99. The summed E-state index contributed by atoms with van der Waals surface area (Å²) < 4.78 is 3.63. The number of hydrogen-bond donors (Lipinski definition) is 1. The number of anilines is 1. The second kappa shape index (κ2) is 8.55. The van der Waals surface area contributed by atoms with Gasteiger partial charge >= 0.3 is 0 Å². The Kier molecular flexibility index (Phi) is 6.02. The lowest BCUT2D eigenvalue weighted by atomic mass is 10.2. The average Bonchev–Trinajstić information content (AvgIpc) is 3.41. The van der Waals surface area contributed by atoms with Gasteiger partial charge in [-0.25, -0.2) is 9.67 Å². The molecule has 4 rings (SSSR count). The van der Waals surface area contributed by atoms with Crippen molar-refractivity contribution in [3.63, 3.8) is 0 Å². The van der Waals surface area contributed by atoms with Gasteiger partial charge in [0.15, 0.2) is 5.16 Å². The van der Waals surface area contributed by atoms with E-state index in [4.69, 9.17) is 4.98 Å². The van der Waals surface area contributed by atoms with Crippen LogP contribution in [0.1, 0.15) is 62.1 Å². The molecule has 1 aliphatic rings. The fourth-order valence-electron chi connectivity index (χ4n) is 4.01. The summed E-state index contributed by atoms with van der Waals surface area (Å²) >= 11 is 2.84. The van der Waals surface area contributed by atoms with Gasteiger partial charge in [-0.15, -0.1) is 11.3 Å². The Bertz CT molecular complexity index is 1140. The Hall–Kier alpha value is -2.13. The molecule has 0 aliphatic heterocycles. The maximum atomic E-state index is 13.1. The van der Waals surface area contributed by atoms with Gasteiger partial charge in [0, 0.05) is 17.0 Å². The summed E-state index contributed by atoms with van der Waals surface area (Å²) in [4.78, 5) is 32.4. The molecule has 1 amide bonds. The van der Waals surface area contributed by atoms with Crippen LogP contribution in [0.5, 0.6) is 0 Å². The second-order valence-electron chi connectivity index (χ2n) is 8.06. The average molecular weight is 446 g/mol. The number of fused-ring (bicyclic) bond motifs is 1. The lowest BCUT2D eigenvalue weighted by Crippen LogP contribution is -2.26. The van der Waals surface area contributed by atoms with Crippen LogP contribution in [0.4, 0.5) is 5.82 Å². The largest absolute Gasteiger partial charge is 0.310 e. The van der Waals surface area contributed by atoms with Gasteiger partial charge < -0.3 is 5.32 Å². The molecule has 1 fully saturated rings. The van der Waals surface area contributed by atoms with Crippen LogP contribution in [-0.4, -0.2) is 31.0 Å². The number of thiophene rings is 1. The fourth-order valence-corrected chi connectivity index (χ4v) is 6.01. The molecule has 0 saturated heterocycles. The molecule has 0 radical (unpaired) electrons. The first-order valence-electron chi connectivity index (χ1n) is 10.3. The van der Waals surface area contributed by atoms with Crippen LogP contribution in [0.3, 0.4) is 0 Å². The number of carbonyl (C=O) groups excluding carboxylic acids is 1. The van der Waals surface area contributed by atoms with Crippen molar-refractivity contribution >= 4 is 45.0 Å². The van der Waals surface area contributed by atoms with Crippen molar-refractivity contribution in [3.8, 4) is 0 Å². The van der Waals surface area contributed by atoms with Crippen molar-refractivity contribution in [3.05, 3.63) is 33.1 Å². The van der Waals surface area contributed by atoms with Gasteiger partial charge in [-0.3, -0.25) is 14.2 Å². The fraction of sp³-hybridized carbons (Fsp3) is 0.524. The number of carbonyl (C=O) groups is 1. The summed E-state index contributed by atoms with van der Waals surface area (Å²) in [6, 6.07) is 2.17. The van der Waals surface area contributed by atoms with Crippen LogP contribution in [0.2, 0.25) is 0 Å². The van der Waals surface area contributed by atoms with E-state index in [0.29, 0.717) is 16.6 Å². The molecule has 0 spiro atoms. The molecule has 0 aromatic carbocycles. The van der Waals surface area contributed by atoms with Crippen molar-refractivity contribution in [2.45, 2.75) is 70.6 Å². The normalized spacial score (nSPS) is 14.8. The number of aromatic nitrogens is 4. The third kappa shape index (κ3) is 3.92. The topological polar surface area (TPSA) is 81.8 Å². The predicted octanol–water partition coefficient (Wildman–Crippen LogP) is 4.70. The lowest BCUT2D eigenvalue weighted by molar-refractivity contribution is -0.113. The first kappa shape index (κ1) is 21.1. The zero-order valence-corrected chi connectivity index (χ0v) is 19.4. The molecule has 9 heteroatoms. The summed E-state index contributed by atoms with van der Waals surface area (Å²) in [5.41, 5.74) is 0.968. The highest BCUT2D eigenvalue weighted by Crippen LogP contribution is 2.32. The predicted molar refractivity (Wildman–Crippen MR) is 123 cm³/mol. The van der Waals surface area contributed by atoms with Gasteiger partial charge in [0.05, 0.1) is 23.4 Å². The van der Waals surface area contributed by atoms with E-state index in [0.717, 1.165) is 33.9 Å². The molecular formula is C21H27N5O2S2. The van der Waals surface area contributed by atoms with Crippen molar-refractivity contribution in [1.82, 2.24) is 19.3 Å². The van der Waals surface area contributed by atoms with E-state index >= 15 is 0 Å². The minimum atomic E-state index is -0.122. The van der Waals surface area contributed by atoms with Crippen LogP contribution in [-0.2, 0) is 4.79 Å². The Morgan fingerprint density at radius 1 is 1.33 bits per heavy atom. The van der Waals surface area contributed by atoms with Crippen molar-refractivity contribution in [2.24, 2.45) is 0 Å². The Balaban J connectivity index is 1.54. The van der Waals surface area contributed by atoms with Crippen LogP contribution < -0.4 is 10.9 Å². The molecule has 30 heavy (non-hydrogen) atoms. The van der Waals surface area contributed by atoms with Crippen LogP contribution in [0.25, 0.3) is 10.2 Å². The van der Waals surface area contributed by atoms with E-state index in [1.54, 1.807) is 10.8 Å². The van der Waals surface area contributed by atoms with E-state index in [2.05, 4.69) is 10.4 Å². The van der Waals surface area contributed by atoms with Crippen LogP contribution >= 0.6 is 23.1 Å². The Morgan fingerprint density at radius 3 is 2.77 bits per heavy atom. The molecule has 3 aromatic rings. The SMILES string of the molecule is Cc1sc2nc(SCC(=O)Nc3ccnn3C3CCCC3)n(C(C)C)c(=O)c2c1C. The van der Waals surface area contributed by atoms with Crippen molar-refractivity contribution in [2.75, 3.05) is 11.1 Å². The van der Waals surface area contributed by atoms with E-state index in [1.165, 1.54) is 35.9 Å². The summed E-state index contributed by atoms with van der Waals surface area (Å²) in [6.07, 6.45) is 6.34. The number of nitrogens with zero attached hydrogens (tertiary/aromatic N) is 4. The molecule has 7 nitrogen and oxygen atoms in total. The zero-order chi connectivity index (χ0) is 21.4. The minimum Gasteiger partial charge on any atom is -0.310 e. The molecule has 160 valence electrons. The molecular weight excluding hydrogens is 418 g/mol. The van der Waals surface area contributed by atoms with Gasteiger partial charge in [0.2, 0.25) is 5.91 Å². The number of nitrogens with one attached hydrogen (secondary N) is 1. The van der Waals surface area contributed by atoms with E-state index in [-0.39, 0.29) is 23.3 Å². The molecule has 3 heterocycles. The first-order chi connectivity index (χ1) is 14.4.